The van der Waals surface area contributed by atoms with Crippen molar-refractivity contribution in [3.8, 4) is 11.3 Å². The number of aliphatic hydroxyl groups is 1. The summed E-state index contributed by atoms with van der Waals surface area (Å²) in [6, 6.07) is 7.31. The second-order valence-corrected chi connectivity index (χ2v) is 17.4. The van der Waals surface area contributed by atoms with Crippen molar-refractivity contribution in [1.29, 1.82) is 0 Å². The molecule has 2 heterocycles. The van der Waals surface area contributed by atoms with Crippen molar-refractivity contribution in [1.82, 2.24) is 30.0 Å². The molecule has 3 aromatic rings. The first-order valence-corrected chi connectivity index (χ1v) is 21.7. The molecule has 390 valence electrons. The van der Waals surface area contributed by atoms with E-state index >= 15 is 4.39 Å². The summed E-state index contributed by atoms with van der Waals surface area (Å²) in [6.07, 6.45) is 1.14. The van der Waals surface area contributed by atoms with Gasteiger partial charge in [-0.2, -0.15) is 13.2 Å². The van der Waals surface area contributed by atoms with Gasteiger partial charge in [-0.15, -0.1) is 0 Å². The number of aliphatic hydroxyl groups excluding tert-OH is 1. The molecule has 2 aromatic carbocycles. The second-order valence-electron chi connectivity index (χ2n) is 17.4. The number of carbonyl (C=O) groups excluding carboxylic acids is 6. The number of nitrogens with two attached hydrogens (primary N) is 1. The third-order valence-corrected chi connectivity index (χ3v) is 10.4. The molecule has 0 radical (unpaired) electrons. The topological polar surface area (TPSA) is 246 Å². The molecule has 0 fully saturated rings. The second kappa shape index (κ2) is 28.1. The minimum absolute atomic E-state index is 0. The molecule has 1 aliphatic heterocycles. The number of benzene rings is 2. The van der Waals surface area contributed by atoms with Gasteiger partial charge in [0.15, 0.2) is 0 Å². The van der Waals surface area contributed by atoms with Gasteiger partial charge in [0.1, 0.15) is 36.1 Å². The average molecular weight is 1080 g/mol. The number of amides is 6. The van der Waals surface area contributed by atoms with Crippen LogP contribution in [0.25, 0.3) is 11.3 Å². The summed E-state index contributed by atoms with van der Waals surface area (Å²) in [7, 11) is 0. The zero-order valence-corrected chi connectivity index (χ0v) is 41.5. The first-order chi connectivity index (χ1) is 31.8. The first kappa shape index (κ1) is 62.1. The van der Waals surface area contributed by atoms with Crippen molar-refractivity contribution in [2.75, 3.05) is 31.6 Å². The molecule has 0 saturated heterocycles. The van der Waals surface area contributed by atoms with E-state index in [-0.39, 0.29) is 95.3 Å². The number of carboxylic acids is 1. The molecule has 17 nitrogen and oxygen atoms in total. The molecule has 4 rings (SSSR count). The van der Waals surface area contributed by atoms with Gasteiger partial charge in [0.05, 0.1) is 11.7 Å². The van der Waals surface area contributed by atoms with Gasteiger partial charge < -0.3 is 48.8 Å². The van der Waals surface area contributed by atoms with Crippen LogP contribution in [-0.2, 0) is 60.5 Å². The van der Waals surface area contributed by atoms with E-state index in [2.05, 4.69) is 16.0 Å². The quantitative estimate of drug-likeness (QED) is 0.0263. The Balaban J connectivity index is 0.00000252. The van der Waals surface area contributed by atoms with Crippen LogP contribution in [0.15, 0.2) is 60.8 Å². The Kier molecular flexibility index (Phi) is 24.9. The Morgan fingerprint density at radius 1 is 0.886 bits per heavy atom. The molecule has 6 amide bonds. The van der Waals surface area contributed by atoms with Crippen LogP contribution in [0.5, 0.6) is 0 Å². The van der Waals surface area contributed by atoms with Crippen molar-refractivity contribution in [3.63, 3.8) is 0 Å². The Morgan fingerprint density at radius 2 is 1.51 bits per heavy atom. The van der Waals surface area contributed by atoms with Gasteiger partial charge in [0.2, 0.25) is 23.6 Å². The van der Waals surface area contributed by atoms with E-state index < -0.39 is 71.6 Å². The Labute approximate surface area is 417 Å². The largest absolute Gasteiger partial charge is 0.490 e. The Morgan fingerprint density at radius 3 is 2.07 bits per heavy atom. The third kappa shape index (κ3) is 18.5. The van der Waals surface area contributed by atoms with E-state index in [1.807, 2.05) is 20.8 Å². The Bertz CT molecular complexity index is 2300. The number of nitrogens with zero attached hydrogens (tertiary/aromatic N) is 4. The van der Waals surface area contributed by atoms with Crippen molar-refractivity contribution >= 4 is 47.1 Å². The van der Waals surface area contributed by atoms with Crippen LogP contribution in [0.4, 0.5) is 27.6 Å². The first-order valence-electron chi connectivity index (χ1n) is 21.7. The predicted molar refractivity (Wildman–Crippen MR) is 245 cm³/mol. The zero-order valence-electron chi connectivity index (χ0n) is 40.0. The molecule has 0 aliphatic carbocycles. The number of rotatable bonds is 21. The van der Waals surface area contributed by atoms with Gasteiger partial charge in [-0.05, 0) is 80.0 Å². The molecule has 0 saturated carbocycles. The van der Waals surface area contributed by atoms with Gasteiger partial charge in [-0.1, -0.05) is 53.2 Å². The minimum Gasteiger partial charge on any atom is -0.475 e. The number of nitrogens with one attached hydrogen (secondary N) is 3. The van der Waals surface area contributed by atoms with Gasteiger partial charge >= 0.3 is 12.1 Å². The summed E-state index contributed by atoms with van der Waals surface area (Å²) in [5.41, 5.74) is 6.27. The predicted octanol–water partition coefficient (Wildman–Crippen LogP) is 5.28. The number of hydrogen-bond acceptors (Lipinski definition) is 10. The van der Waals surface area contributed by atoms with E-state index in [0.717, 1.165) is 23.1 Å². The summed E-state index contributed by atoms with van der Waals surface area (Å²) < 4.78 is 63.0. The van der Waals surface area contributed by atoms with Crippen LogP contribution in [0.1, 0.15) is 91.1 Å². The zero-order chi connectivity index (χ0) is 51.1. The molecule has 0 unspecified atom stereocenters. The van der Waals surface area contributed by atoms with E-state index in [1.54, 1.807) is 48.9 Å². The molecule has 7 N–H and O–H groups in total. The molecule has 1 aliphatic rings. The van der Waals surface area contributed by atoms with E-state index in [4.69, 9.17) is 20.6 Å². The van der Waals surface area contributed by atoms with Gasteiger partial charge in [0.25, 0.3) is 11.8 Å². The maximum atomic E-state index is 15.1. The number of imidazole rings is 1. The fourth-order valence-corrected chi connectivity index (χ4v) is 7.07. The number of carbonyl (C=O) groups is 7. The summed E-state index contributed by atoms with van der Waals surface area (Å²) in [4.78, 5) is 92.4. The van der Waals surface area contributed by atoms with Crippen molar-refractivity contribution < 1.29 is 86.1 Å². The number of imide groups is 1. The van der Waals surface area contributed by atoms with Gasteiger partial charge in [0, 0.05) is 76.1 Å². The van der Waals surface area contributed by atoms with Crippen molar-refractivity contribution in [3.05, 3.63) is 91.3 Å². The maximum absolute atomic E-state index is 15.1. The SMILES string of the molecule is CC(C)[C@H](NC(=O)CCCCCN1C(=O)C=CC1=O)C(=O)N[C@@H](C)C(=O)Nc1cccc(Cn2cc(-c3cc(F)ccc3F)nc2[C@H](N(CCCN)C(=O)CO)C(C)(C)C)c1.O=C(O)C(F)(F)F.[CH3-].[Pd]. The number of alkyl halides is 3. The monoisotopic (exact) mass is 1080 g/mol. The fraction of sp³-hybridized carbons (Fsp3) is 0.468. The summed E-state index contributed by atoms with van der Waals surface area (Å²) in [6.45, 7) is 10.9. The number of hydrogen-bond donors (Lipinski definition) is 6. The summed E-state index contributed by atoms with van der Waals surface area (Å²) in [5, 5.41) is 25.3. The van der Waals surface area contributed by atoms with Gasteiger partial charge in [-0.3, -0.25) is 33.7 Å². The maximum Gasteiger partial charge on any atom is 0.490 e. The van der Waals surface area contributed by atoms with E-state index in [9.17, 15) is 51.4 Å². The molecule has 70 heavy (non-hydrogen) atoms. The van der Waals surface area contributed by atoms with Crippen LogP contribution in [0, 0.1) is 30.4 Å². The standard InChI is InChI=1S/C44H58F2N8O7.C2HF3O2.CH3.Pd/c1-27(2)39(51-35(56)14-8-7-9-20-53-36(57)17-18-37(53)58)43(61)48-28(3)42(60)49-31-13-10-12-29(22-31)24-52-25-34(32-23-30(45)15-16-33(32)46)50-41(52)40(44(4,5)6)54(21-11-19-47)38(59)26-55;3-2(4,5)1(6)7;;/h10,12-13,15-18,22-23,25,27-28,39-40,55H,7-9,11,14,19-21,24,26,47H2,1-6H3,(H,48,61)(H,49,60)(H,51,56);(H,6,7);1H3;/q;;-1;/t28-,39-,40-;;;/m0.../s1. The fourth-order valence-electron chi connectivity index (χ4n) is 7.07. The smallest absolute Gasteiger partial charge is 0.475 e. The van der Waals surface area contributed by atoms with Crippen LogP contribution < -0.4 is 21.7 Å². The molecular formula is C47H62F5N8O9Pd-. The molecule has 0 bridgehead atoms. The van der Waals surface area contributed by atoms with Crippen LogP contribution in [0.2, 0.25) is 0 Å². The van der Waals surface area contributed by atoms with Crippen LogP contribution in [0.3, 0.4) is 0 Å². The normalized spacial score (nSPS) is 13.5. The van der Waals surface area contributed by atoms with Crippen molar-refractivity contribution in [2.45, 2.75) is 104 Å². The summed E-state index contributed by atoms with van der Waals surface area (Å²) in [5.74, 6) is -6.71. The molecule has 0 spiro atoms. The minimum atomic E-state index is -5.08. The molecule has 23 heteroatoms. The number of halogens is 5. The van der Waals surface area contributed by atoms with Crippen LogP contribution in [-0.4, -0.2) is 115 Å². The average Bonchev–Trinajstić information content (AvgIpc) is 3.81. The third-order valence-electron chi connectivity index (χ3n) is 10.4. The van der Waals surface area contributed by atoms with Gasteiger partial charge in [-0.25, -0.2) is 18.6 Å². The number of anilines is 1. The summed E-state index contributed by atoms with van der Waals surface area (Å²) >= 11 is 0. The molecule has 3 atom stereocenters. The number of aromatic nitrogens is 2. The number of carboxylic acid groups (broad SMARTS) is 1. The van der Waals surface area contributed by atoms with Crippen LogP contribution >= 0.6 is 0 Å². The number of unbranched alkanes of at least 4 members (excludes halogenated alkanes) is 2. The van der Waals surface area contributed by atoms with E-state index in [1.165, 1.54) is 24.0 Å². The van der Waals surface area contributed by atoms with Crippen molar-refractivity contribution in [2.24, 2.45) is 17.1 Å². The molecular weight excluding hydrogens is 1020 g/mol. The molecule has 1 aromatic heterocycles. The van der Waals surface area contributed by atoms with E-state index in [0.29, 0.717) is 42.8 Å². The Hall–Kier alpha value is -5.89. The number of aliphatic carboxylic acids is 1.